The maximum Gasteiger partial charge on any atom is 0.194 e. The molecule has 2 rings (SSSR count). The molecule has 1 atom stereocenters. The maximum absolute atomic E-state index is 10.6. The number of aliphatic imine (C=N–C) groups is 1. The summed E-state index contributed by atoms with van der Waals surface area (Å²) in [6, 6.07) is 13.8. The van der Waals surface area contributed by atoms with E-state index in [4.69, 9.17) is 9.47 Å². The van der Waals surface area contributed by atoms with E-state index in [9.17, 15) is 5.11 Å². The van der Waals surface area contributed by atoms with E-state index in [-0.39, 0.29) is 30.5 Å². The van der Waals surface area contributed by atoms with Gasteiger partial charge < -0.3 is 24.8 Å². The Kier molecular flexibility index (Phi) is 10.8. The fourth-order valence-electron chi connectivity index (χ4n) is 2.81. The van der Waals surface area contributed by atoms with Crippen LogP contribution < -0.4 is 14.8 Å². The highest BCUT2D eigenvalue weighted by Gasteiger charge is 2.13. The van der Waals surface area contributed by atoms with E-state index < -0.39 is 6.10 Å². The van der Waals surface area contributed by atoms with Gasteiger partial charge in [0.1, 0.15) is 11.5 Å². The van der Waals surface area contributed by atoms with Crippen LogP contribution >= 0.6 is 24.0 Å². The highest BCUT2D eigenvalue weighted by Crippen LogP contribution is 2.26. The molecule has 0 aliphatic carbocycles. The number of nitrogens with one attached hydrogen (secondary N) is 1. The van der Waals surface area contributed by atoms with Gasteiger partial charge in [-0.1, -0.05) is 29.8 Å². The number of benzene rings is 2. The molecule has 0 spiro atoms. The summed E-state index contributed by atoms with van der Waals surface area (Å²) in [4.78, 5) is 6.66. The molecule has 0 saturated heterocycles. The Morgan fingerprint density at radius 1 is 1.10 bits per heavy atom. The second-order valence-corrected chi connectivity index (χ2v) is 6.70. The normalized spacial score (nSPS) is 12.0. The average Bonchev–Trinajstić information content (AvgIpc) is 2.71. The number of methoxy groups -OCH3 is 2. The van der Waals surface area contributed by atoms with Crippen LogP contribution in [-0.2, 0) is 6.54 Å². The fraction of sp³-hybridized carbons (Fsp3) is 0.409. The lowest BCUT2D eigenvalue weighted by Gasteiger charge is -2.23. The minimum absolute atomic E-state index is 0. The van der Waals surface area contributed by atoms with Gasteiger partial charge in [0.15, 0.2) is 5.96 Å². The highest BCUT2D eigenvalue weighted by atomic mass is 127. The standard InChI is InChI=1S/C22H31N3O3.HI/c1-6-23-22(25(3)15-17-9-7-16(2)8-10-17)24-14-21(26)18-11-19(27-4)13-20(12-18)28-5;/h7-13,21,26H,6,14-15H2,1-5H3,(H,23,24);1H. The third-order valence-electron chi connectivity index (χ3n) is 4.41. The van der Waals surface area contributed by atoms with Crippen molar-refractivity contribution in [2.45, 2.75) is 26.5 Å². The number of guanidine groups is 1. The summed E-state index contributed by atoms with van der Waals surface area (Å²) in [5.41, 5.74) is 3.15. The van der Waals surface area contributed by atoms with Gasteiger partial charge in [0.25, 0.3) is 0 Å². The molecule has 0 aliphatic heterocycles. The summed E-state index contributed by atoms with van der Waals surface area (Å²) in [7, 11) is 5.17. The molecule has 0 aliphatic rings. The molecule has 6 nitrogen and oxygen atoms in total. The van der Waals surface area contributed by atoms with Crippen molar-refractivity contribution in [1.29, 1.82) is 0 Å². The minimum Gasteiger partial charge on any atom is -0.497 e. The average molecular weight is 513 g/mol. The summed E-state index contributed by atoms with van der Waals surface area (Å²) >= 11 is 0. The summed E-state index contributed by atoms with van der Waals surface area (Å²) < 4.78 is 10.6. The van der Waals surface area contributed by atoms with Crippen molar-refractivity contribution in [2.75, 3.05) is 34.4 Å². The van der Waals surface area contributed by atoms with Gasteiger partial charge in [0.05, 0.1) is 26.9 Å². The van der Waals surface area contributed by atoms with E-state index >= 15 is 0 Å². The lowest BCUT2D eigenvalue weighted by Crippen LogP contribution is -2.38. The van der Waals surface area contributed by atoms with E-state index in [1.165, 1.54) is 11.1 Å². The van der Waals surface area contributed by atoms with Crippen molar-refractivity contribution in [1.82, 2.24) is 10.2 Å². The smallest absolute Gasteiger partial charge is 0.194 e. The number of aliphatic hydroxyl groups is 1. The lowest BCUT2D eigenvalue weighted by atomic mass is 10.1. The summed E-state index contributed by atoms with van der Waals surface area (Å²) in [5.74, 6) is 2.03. The Hall–Kier alpha value is -2.00. The van der Waals surface area contributed by atoms with Crippen LogP contribution in [0, 0.1) is 6.92 Å². The van der Waals surface area contributed by atoms with Gasteiger partial charge in [-0.2, -0.15) is 0 Å². The van der Waals surface area contributed by atoms with Crippen LogP contribution in [0.1, 0.15) is 29.7 Å². The Morgan fingerprint density at radius 3 is 2.21 bits per heavy atom. The van der Waals surface area contributed by atoms with Crippen molar-refractivity contribution in [3.05, 3.63) is 59.2 Å². The molecule has 0 amide bonds. The topological polar surface area (TPSA) is 66.3 Å². The van der Waals surface area contributed by atoms with Crippen LogP contribution in [0.2, 0.25) is 0 Å². The minimum atomic E-state index is -0.759. The monoisotopic (exact) mass is 513 g/mol. The molecule has 7 heteroatoms. The van der Waals surface area contributed by atoms with Gasteiger partial charge in [-0.05, 0) is 37.1 Å². The lowest BCUT2D eigenvalue weighted by molar-refractivity contribution is 0.185. The second kappa shape index (κ2) is 12.5. The Morgan fingerprint density at radius 2 is 1.69 bits per heavy atom. The molecule has 1 unspecified atom stereocenters. The molecular formula is C22H32IN3O3. The molecular weight excluding hydrogens is 481 g/mol. The third kappa shape index (κ3) is 7.74. The van der Waals surface area contributed by atoms with E-state index in [2.05, 4.69) is 41.5 Å². The summed E-state index contributed by atoms with van der Waals surface area (Å²) in [6.07, 6.45) is -0.759. The number of hydrogen-bond donors (Lipinski definition) is 2. The zero-order valence-electron chi connectivity index (χ0n) is 17.8. The summed E-state index contributed by atoms with van der Waals surface area (Å²) in [5, 5.41) is 13.9. The van der Waals surface area contributed by atoms with Crippen LogP contribution in [0.5, 0.6) is 11.5 Å². The number of hydrogen-bond acceptors (Lipinski definition) is 4. The SMILES string of the molecule is CCNC(=NCC(O)c1cc(OC)cc(OC)c1)N(C)Cc1ccc(C)cc1.I. The van der Waals surface area contributed by atoms with Gasteiger partial charge in [-0.3, -0.25) is 4.99 Å². The molecule has 0 aromatic heterocycles. The van der Waals surface area contributed by atoms with Crippen molar-refractivity contribution in [3.63, 3.8) is 0 Å². The van der Waals surface area contributed by atoms with E-state index in [0.29, 0.717) is 17.1 Å². The first-order valence-electron chi connectivity index (χ1n) is 9.42. The summed E-state index contributed by atoms with van der Waals surface area (Å²) in [6.45, 7) is 5.82. The van der Waals surface area contributed by atoms with Crippen LogP contribution in [0.4, 0.5) is 0 Å². The molecule has 2 aromatic rings. The van der Waals surface area contributed by atoms with Crippen molar-refractivity contribution in [3.8, 4) is 11.5 Å². The van der Waals surface area contributed by atoms with Gasteiger partial charge in [-0.25, -0.2) is 0 Å². The predicted molar refractivity (Wildman–Crippen MR) is 129 cm³/mol. The van der Waals surface area contributed by atoms with Gasteiger partial charge in [-0.15, -0.1) is 24.0 Å². The molecule has 160 valence electrons. The first kappa shape index (κ1) is 25.0. The Balaban J connectivity index is 0.00000420. The fourth-order valence-corrected chi connectivity index (χ4v) is 2.81. The molecule has 29 heavy (non-hydrogen) atoms. The number of aryl methyl sites for hydroxylation is 1. The number of aliphatic hydroxyl groups excluding tert-OH is 1. The van der Waals surface area contributed by atoms with Crippen molar-refractivity contribution in [2.24, 2.45) is 4.99 Å². The quantitative estimate of drug-likeness (QED) is 0.320. The molecule has 0 heterocycles. The van der Waals surface area contributed by atoms with Crippen molar-refractivity contribution >= 4 is 29.9 Å². The predicted octanol–water partition coefficient (Wildman–Crippen LogP) is 3.76. The van der Waals surface area contributed by atoms with Crippen LogP contribution in [0.15, 0.2) is 47.5 Å². The zero-order valence-corrected chi connectivity index (χ0v) is 20.1. The molecule has 0 saturated carbocycles. The van der Waals surface area contributed by atoms with Crippen LogP contribution in [0.25, 0.3) is 0 Å². The maximum atomic E-state index is 10.6. The van der Waals surface area contributed by atoms with E-state index in [0.717, 1.165) is 19.0 Å². The largest absolute Gasteiger partial charge is 0.497 e. The van der Waals surface area contributed by atoms with Crippen LogP contribution in [-0.4, -0.2) is 50.3 Å². The van der Waals surface area contributed by atoms with Gasteiger partial charge in [0.2, 0.25) is 0 Å². The van der Waals surface area contributed by atoms with Gasteiger partial charge in [0, 0.05) is 26.2 Å². The van der Waals surface area contributed by atoms with E-state index in [1.54, 1.807) is 32.4 Å². The Labute approximate surface area is 191 Å². The first-order chi connectivity index (χ1) is 13.5. The molecule has 2 aromatic carbocycles. The van der Waals surface area contributed by atoms with Crippen LogP contribution in [0.3, 0.4) is 0 Å². The zero-order chi connectivity index (χ0) is 20.5. The molecule has 0 radical (unpaired) electrons. The number of rotatable bonds is 8. The molecule has 2 N–H and O–H groups in total. The highest BCUT2D eigenvalue weighted by molar-refractivity contribution is 14.0. The number of ether oxygens (including phenoxy) is 2. The first-order valence-corrected chi connectivity index (χ1v) is 9.42. The van der Waals surface area contributed by atoms with E-state index in [1.807, 2.05) is 18.9 Å². The third-order valence-corrected chi connectivity index (χ3v) is 4.41. The second-order valence-electron chi connectivity index (χ2n) is 6.70. The molecule has 0 bridgehead atoms. The number of nitrogens with zero attached hydrogens (tertiary/aromatic N) is 2. The van der Waals surface area contributed by atoms with Gasteiger partial charge >= 0.3 is 0 Å². The van der Waals surface area contributed by atoms with Crippen molar-refractivity contribution < 1.29 is 14.6 Å². The Bertz CT molecular complexity index is 759. The number of halogens is 1. The molecule has 0 fully saturated rings.